The molecule has 1 aromatic carbocycles. The van der Waals surface area contributed by atoms with Crippen LogP contribution >= 0.6 is 0 Å². The monoisotopic (exact) mass is 193 g/mol. The van der Waals surface area contributed by atoms with Crippen LogP contribution in [0.1, 0.15) is 37.4 Å². The molecule has 0 aromatic heterocycles. The van der Waals surface area contributed by atoms with Crippen LogP contribution in [0.25, 0.3) is 0 Å². The van der Waals surface area contributed by atoms with Crippen molar-refractivity contribution >= 4 is 0 Å². The van der Waals surface area contributed by atoms with Crippen LogP contribution in [0.15, 0.2) is 18.2 Å². The first-order chi connectivity index (χ1) is 6.69. The molecule has 0 heterocycles. The lowest BCUT2D eigenvalue weighted by molar-refractivity contribution is 0.406. The van der Waals surface area contributed by atoms with Crippen molar-refractivity contribution in [3.8, 4) is 5.75 Å². The van der Waals surface area contributed by atoms with Crippen LogP contribution in [0.3, 0.4) is 0 Å². The summed E-state index contributed by atoms with van der Waals surface area (Å²) >= 11 is 0. The van der Waals surface area contributed by atoms with E-state index < -0.39 is 0 Å². The molecule has 0 aliphatic rings. The number of rotatable bonds is 4. The lowest BCUT2D eigenvalue weighted by Crippen LogP contribution is -2.07. The molecular weight excluding hydrogens is 174 g/mol. The van der Waals surface area contributed by atoms with Gasteiger partial charge in [0, 0.05) is 11.6 Å². The van der Waals surface area contributed by atoms with Gasteiger partial charge in [-0.2, -0.15) is 0 Å². The zero-order valence-corrected chi connectivity index (χ0v) is 9.21. The van der Waals surface area contributed by atoms with E-state index in [2.05, 4.69) is 19.1 Å². The molecule has 2 heteroatoms. The second-order valence-corrected chi connectivity index (χ2v) is 3.61. The van der Waals surface area contributed by atoms with Gasteiger partial charge >= 0.3 is 0 Å². The zero-order chi connectivity index (χ0) is 10.6. The molecule has 0 bridgehead atoms. The maximum absolute atomic E-state index is 5.88. The molecule has 0 aliphatic carbocycles. The summed E-state index contributed by atoms with van der Waals surface area (Å²) in [6, 6.07) is 6.28. The number of benzene rings is 1. The van der Waals surface area contributed by atoms with E-state index in [9.17, 15) is 0 Å². The quantitative estimate of drug-likeness (QED) is 0.798. The topological polar surface area (TPSA) is 35.2 Å². The maximum atomic E-state index is 5.88. The highest BCUT2D eigenvalue weighted by Gasteiger charge is 2.07. The molecule has 1 rings (SSSR count). The standard InChI is InChI=1S/C12H19NO/c1-4-5-10-6-7-12(14-3)11(8-10)9(2)13/h6-9H,4-5,13H2,1-3H3. The first-order valence-corrected chi connectivity index (χ1v) is 5.11. The van der Waals surface area contributed by atoms with Gasteiger partial charge in [0.05, 0.1) is 7.11 Å². The summed E-state index contributed by atoms with van der Waals surface area (Å²) in [5, 5.41) is 0. The Labute approximate surface area is 86.1 Å². The van der Waals surface area contributed by atoms with Crippen molar-refractivity contribution < 1.29 is 4.74 Å². The summed E-state index contributed by atoms with van der Waals surface area (Å²) in [7, 11) is 1.68. The average molecular weight is 193 g/mol. The number of nitrogens with two attached hydrogens (primary N) is 1. The fraction of sp³-hybridized carbons (Fsp3) is 0.500. The van der Waals surface area contributed by atoms with Crippen LogP contribution < -0.4 is 10.5 Å². The lowest BCUT2D eigenvalue weighted by Gasteiger charge is -2.13. The van der Waals surface area contributed by atoms with Crippen LogP contribution in [-0.2, 0) is 6.42 Å². The highest BCUT2D eigenvalue weighted by Crippen LogP contribution is 2.25. The van der Waals surface area contributed by atoms with Gasteiger partial charge in [-0.25, -0.2) is 0 Å². The van der Waals surface area contributed by atoms with Crippen LogP contribution in [0.4, 0.5) is 0 Å². The molecule has 78 valence electrons. The van der Waals surface area contributed by atoms with E-state index in [4.69, 9.17) is 10.5 Å². The largest absolute Gasteiger partial charge is 0.496 e. The Bertz CT molecular complexity index is 294. The maximum Gasteiger partial charge on any atom is 0.123 e. The van der Waals surface area contributed by atoms with Crippen molar-refractivity contribution in [1.29, 1.82) is 0 Å². The molecule has 0 fully saturated rings. The Hall–Kier alpha value is -1.02. The van der Waals surface area contributed by atoms with Crippen LogP contribution in [-0.4, -0.2) is 7.11 Å². The van der Waals surface area contributed by atoms with Gasteiger partial charge in [0.25, 0.3) is 0 Å². The minimum absolute atomic E-state index is 0.0294. The van der Waals surface area contributed by atoms with Gasteiger partial charge in [0.15, 0.2) is 0 Å². The van der Waals surface area contributed by atoms with E-state index in [-0.39, 0.29) is 6.04 Å². The van der Waals surface area contributed by atoms with Gasteiger partial charge in [-0.05, 0) is 25.0 Å². The molecule has 0 spiro atoms. The second kappa shape index (κ2) is 5.01. The minimum atomic E-state index is 0.0294. The number of methoxy groups -OCH3 is 1. The third kappa shape index (κ3) is 2.48. The lowest BCUT2D eigenvalue weighted by atomic mass is 10.0. The Morgan fingerprint density at radius 2 is 2.14 bits per heavy atom. The van der Waals surface area contributed by atoms with Crippen molar-refractivity contribution in [2.45, 2.75) is 32.7 Å². The fourth-order valence-corrected chi connectivity index (χ4v) is 1.58. The molecule has 1 unspecified atom stereocenters. The average Bonchev–Trinajstić information content (AvgIpc) is 2.18. The van der Waals surface area contributed by atoms with Crippen molar-refractivity contribution in [3.05, 3.63) is 29.3 Å². The summed E-state index contributed by atoms with van der Waals surface area (Å²) < 4.78 is 5.26. The smallest absolute Gasteiger partial charge is 0.123 e. The SMILES string of the molecule is CCCc1ccc(OC)c(C(C)N)c1. The highest BCUT2D eigenvalue weighted by molar-refractivity contribution is 5.39. The molecule has 2 N–H and O–H groups in total. The van der Waals surface area contributed by atoms with Gasteiger partial charge < -0.3 is 10.5 Å². The van der Waals surface area contributed by atoms with E-state index in [0.717, 1.165) is 24.2 Å². The van der Waals surface area contributed by atoms with Crippen LogP contribution in [0, 0.1) is 0 Å². The highest BCUT2D eigenvalue weighted by atomic mass is 16.5. The summed E-state index contributed by atoms with van der Waals surface area (Å²) in [5.74, 6) is 0.889. The minimum Gasteiger partial charge on any atom is -0.496 e. The predicted molar refractivity (Wildman–Crippen MR) is 59.6 cm³/mol. The Morgan fingerprint density at radius 3 is 2.64 bits per heavy atom. The predicted octanol–water partition coefficient (Wildman–Crippen LogP) is 2.67. The molecule has 0 radical (unpaired) electrons. The molecule has 0 saturated heterocycles. The summed E-state index contributed by atoms with van der Waals surface area (Å²) in [6.07, 6.45) is 2.26. The fourth-order valence-electron chi connectivity index (χ4n) is 1.58. The van der Waals surface area contributed by atoms with E-state index in [0.29, 0.717) is 0 Å². The van der Waals surface area contributed by atoms with E-state index in [1.807, 2.05) is 13.0 Å². The molecule has 0 aliphatic heterocycles. The van der Waals surface area contributed by atoms with Gasteiger partial charge in [-0.1, -0.05) is 25.5 Å². The molecule has 0 amide bonds. The molecule has 1 atom stereocenters. The van der Waals surface area contributed by atoms with Crippen molar-refractivity contribution in [2.24, 2.45) is 5.73 Å². The van der Waals surface area contributed by atoms with Gasteiger partial charge in [-0.15, -0.1) is 0 Å². The van der Waals surface area contributed by atoms with Gasteiger partial charge in [0.1, 0.15) is 5.75 Å². The summed E-state index contributed by atoms with van der Waals surface area (Å²) in [4.78, 5) is 0. The Kier molecular flexibility index (Phi) is 3.96. The Morgan fingerprint density at radius 1 is 1.43 bits per heavy atom. The van der Waals surface area contributed by atoms with Gasteiger partial charge in [-0.3, -0.25) is 0 Å². The molecule has 2 nitrogen and oxygen atoms in total. The normalized spacial score (nSPS) is 12.6. The Balaban J connectivity index is 3.01. The van der Waals surface area contributed by atoms with E-state index in [1.165, 1.54) is 5.56 Å². The third-order valence-electron chi connectivity index (χ3n) is 2.32. The molecule has 14 heavy (non-hydrogen) atoms. The third-order valence-corrected chi connectivity index (χ3v) is 2.32. The molecule has 1 aromatic rings. The molecular formula is C12H19NO. The van der Waals surface area contributed by atoms with Crippen molar-refractivity contribution in [2.75, 3.05) is 7.11 Å². The zero-order valence-electron chi connectivity index (χ0n) is 9.21. The first kappa shape index (κ1) is 11.1. The second-order valence-electron chi connectivity index (χ2n) is 3.61. The van der Waals surface area contributed by atoms with Crippen molar-refractivity contribution in [3.63, 3.8) is 0 Å². The first-order valence-electron chi connectivity index (χ1n) is 5.11. The number of ether oxygens (including phenoxy) is 1. The van der Waals surface area contributed by atoms with Crippen LogP contribution in [0.5, 0.6) is 5.75 Å². The van der Waals surface area contributed by atoms with Crippen LogP contribution in [0.2, 0.25) is 0 Å². The number of aryl methyl sites for hydroxylation is 1. The number of hydrogen-bond acceptors (Lipinski definition) is 2. The summed E-state index contributed by atoms with van der Waals surface area (Å²) in [6.45, 7) is 4.16. The number of hydrogen-bond donors (Lipinski definition) is 1. The van der Waals surface area contributed by atoms with Gasteiger partial charge in [0.2, 0.25) is 0 Å². The van der Waals surface area contributed by atoms with E-state index >= 15 is 0 Å². The van der Waals surface area contributed by atoms with E-state index in [1.54, 1.807) is 7.11 Å². The molecule has 0 saturated carbocycles. The van der Waals surface area contributed by atoms with Crippen molar-refractivity contribution in [1.82, 2.24) is 0 Å². The summed E-state index contributed by atoms with van der Waals surface area (Å²) in [5.41, 5.74) is 8.30.